The number of carbonyl (C=O) groups is 1. The molecular weight excluding hydrogens is 272 g/mol. The fourth-order valence-electron chi connectivity index (χ4n) is 1.76. The number of hydrogen-bond acceptors (Lipinski definition) is 4. The van der Waals surface area contributed by atoms with Gasteiger partial charge in [-0.05, 0) is 31.5 Å². The maximum Gasteiger partial charge on any atom is 0.257 e. The van der Waals surface area contributed by atoms with Gasteiger partial charge in [0.05, 0.1) is 10.7 Å². The summed E-state index contributed by atoms with van der Waals surface area (Å²) < 4.78 is 5.43. The van der Waals surface area contributed by atoms with Crippen LogP contribution < -0.4 is 10.1 Å². The van der Waals surface area contributed by atoms with E-state index < -0.39 is 0 Å². The van der Waals surface area contributed by atoms with Crippen LogP contribution in [0.2, 0.25) is 0 Å². The van der Waals surface area contributed by atoms with E-state index in [1.165, 1.54) is 0 Å². The topological polar surface area (TPSA) is 51.2 Å². The molecule has 0 radical (unpaired) electrons. The Balaban J connectivity index is 1.68. The van der Waals surface area contributed by atoms with Gasteiger partial charge in [0.15, 0.2) is 6.61 Å². The summed E-state index contributed by atoms with van der Waals surface area (Å²) in [5.74, 6) is 0.605. The van der Waals surface area contributed by atoms with Crippen molar-refractivity contribution >= 4 is 17.2 Å². The molecule has 2 aromatic rings. The second kappa shape index (κ2) is 7.05. The number of thiazole rings is 1. The highest BCUT2D eigenvalue weighted by Gasteiger charge is 2.04. The van der Waals surface area contributed by atoms with Crippen LogP contribution in [0.4, 0.5) is 0 Å². The molecule has 1 aromatic carbocycles. The molecule has 0 atom stereocenters. The number of hydrogen-bond donors (Lipinski definition) is 1. The standard InChI is InChI=1S/C15H18N2O2S/c1-11-4-3-5-14(8-11)19-9-15(18)16-7-6-13-10-20-12(2)17-13/h3-5,8,10H,6-7,9H2,1-2H3,(H,16,18). The number of benzene rings is 1. The fourth-order valence-corrected chi connectivity index (χ4v) is 2.41. The molecular formula is C15H18N2O2S. The Hall–Kier alpha value is -1.88. The van der Waals surface area contributed by atoms with Gasteiger partial charge in [0, 0.05) is 18.3 Å². The molecule has 4 nitrogen and oxygen atoms in total. The molecule has 0 aliphatic carbocycles. The van der Waals surface area contributed by atoms with E-state index in [1.54, 1.807) is 11.3 Å². The molecule has 0 aliphatic heterocycles. The Labute approximate surface area is 122 Å². The lowest BCUT2D eigenvalue weighted by molar-refractivity contribution is -0.123. The summed E-state index contributed by atoms with van der Waals surface area (Å²) in [6, 6.07) is 7.65. The number of rotatable bonds is 6. The van der Waals surface area contributed by atoms with Gasteiger partial charge in [-0.15, -0.1) is 11.3 Å². The maximum absolute atomic E-state index is 11.6. The van der Waals surface area contributed by atoms with Crippen molar-refractivity contribution < 1.29 is 9.53 Å². The Morgan fingerprint density at radius 2 is 2.25 bits per heavy atom. The average molecular weight is 290 g/mol. The van der Waals surface area contributed by atoms with E-state index in [4.69, 9.17) is 4.74 Å². The predicted octanol–water partition coefficient (Wildman–Crippen LogP) is 2.50. The summed E-state index contributed by atoms with van der Waals surface area (Å²) in [7, 11) is 0. The molecule has 1 N–H and O–H groups in total. The van der Waals surface area contributed by atoms with Gasteiger partial charge in [-0.25, -0.2) is 4.98 Å². The molecule has 0 unspecified atom stereocenters. The van der Waals surface area contributed by atoms with Crippen molar-refractivity contribution in [2.45, 2.75) is 20.3 Å². The lowest BCUT2D eigenvalue weighted by atomic mass is 10.2. The quantitative estimate of drug-likeness (QED) is 0.889. The molecule has 2 rings (SSSR count). The molecule has 1 amide bonds. The first-order valence-electron chi connectivity index (χ1n) is 6.50. The van der Waals surface area contributed by atoms with Crippen molar-refractivity contribution in [3.63, 3.8) is 0 Å². The zero-order chi connectivity index (χ0) is 14.4. The van der Waals surface area contributed by atoms with Crippen LogP contribution in [0.5, 0.6) is 5.75 Å². The zero-order valence-corrected chi connectivity index (χ0v) is 12.5. The van der Waals surface area contributed by atoms with E-state index in [-0.39, 0.29) is 12.5 Å². The summed E-state index contributed by atoms with van der Waals surface area (Å²) in [4.78, 5) is 16.0. The van der Waals surface area contributed by atoms with Crippen LogP contribution >= 0.6 is 11.3 Å². The number of nitrogens with zero attached hydrogens (tertiary/aromatic N) is 1. The molecule has 1 aromatic heterocycles. The van der Waals surface area contributed by atoms with Crippen molar-refractivity contribution in [1.82, 2.24) is 10.3 Å². The minimum absolute atomic E-state index is 0.0412. The van der Waals surface area contributed by atoms with E-state index >= 15 is 0 Å². The third kappa shape index (κ3) is 4.66. The fraction of sp³-hybridized carbons (Fsp3) is 0.333. The van der Waals surface area contributed by atoms with Crippen LogP contribution in [-0.2, 0) is 11.2 Å². The summed E-state index contributed by atoms with van der Waals surface area (Å²) in [6.07, 6.45) is 0.751. The highest BCUT2D eigenvalue weighted by molar-refractivity contribution is 7.09. The largest absolute Gasteiger partial charge is 0.484 e. The predicted molar refractivity (Wildman–Crippen MR) is 80.2 cm³/mol. The number of aromatic nitrogens is 1. The van der Waals surface area contributed by atoms with E-state index in [0.717, 1.165) is 28.4 Å². The molecule has 106 valence electrons. The highest BCUT2D eigenvalue weighted by Crippen LogP contribution is 2.12. The molecule has 0 saturated carbocycles. The van der Waals surface area contributed by atoms with Gasteiger partial charge < -0.3 is 10.1 Å². The van der Waals surface area contributed by atoms with Gasteiger partial charge in [0.25, 0.3) is 5.91 Å². The average Bonchev–Trinajstić information content (AvgIpc) is 2.82. The van der Waals surface area contributed by atoms with Crippen LogP contribution in [0.15, 0.2) is 29.6 Å². The lowest BCUT2D eigenvalue weighted by Gasteiger charge is -2.07. The van der Waals surface area contributed by atoms with Gasteiger partial charge in [0.2, 0.25) is 0 Å². The van der Waals surface area contributed by atoms with Crippen LogP contribution in [0.1, 0.15) is 16.3 Å². The van der Waals surface area contributed by atoms with Crippen LogP contribution in [0, 0.1) is 13.8 Å². The summed E-state index contributed by atoms with van der Waals surface area (Å²) in [6.45, 7) is 4.59. The van der Waals surface area contributed by atoms with Crippen molar-refractivity contribution in [3.05, 3.63) is 45.9 Å². The Bertz CT molecular complexity index is 581. The molecule has 0 saturated heterocycles. The van der Waals surface area contributed by atoms with Crippen LogP contribution in [-0.4, -0.2) is 24.0 Å². The lowest BCUT2D eigenvalue weighted by Crippen LogP contribution is -2.30. The van der Waals surface area contributed by atoms with Gasteiger partial charge >= 0.3 is 0 Å². The van der Waals surface area contributed by atoms with E-state index in [9.17, 15) is 4.79 Å². The van der Waals surface area contributed by atoms with Crippen molar-refractivity contribution in [1.29, 1.82) is 0 Å². The maximum atomic E-state index is 11.6. The minimum atomic E-state index is -0.113. The molecule has 0 aliphatic rings. The number of carbonyl (C=O) groups excluding carboxylic acids is 1. The third-order valence-electron chi connectivity index (χ3n) is 2.73. The van der Waals surface area contributed by atoms with Gasteiger partial charge in [0.1, 0.15) is 5.75 Å². The minimum Gasteiger partial charge on any atom is -0.484 e. The Morgan fingerprint density at radius 3 is 2.95 bits per heavy atom. The van der Waals surface area contributed by atoms with Gasteiger partial charge in [-0.2, -0.15) is 0 Å². The van der Waals surface area contributed by atoms with E-state index in [2.05, 4.69) is 10.3 Å². The summed E-state index contributed by atoms with van der Waals surface area (Å²) >= 11 is 1.62. The highest BCUT2D eigenvalue weighted by atomic mass is 32.1. The van der Waals surface area contributed by atoms with Crippen molar-refractivity contribution in [2.75, 3.05) is 13.2 Å². The zero-order valence-electron chi connectivity index (χ0n) is 11.7. The monoisotopic (exact) mass is 290 g/mol. The van der Waals surface area contributed by atoms with E-state index in [0.29, 0.717) is 6.54 Å². The number of nitrogens with one attached hydrogen (secondary N) is 1. The first-order chi connectivity index (χ1) is 9.63. The van der Waals surface area contributed by atoms with Gasteiger partial charge in [-0.1, -0.05) is 12.1 Å². The molecule has 20 heavy (non-hydrogen) atoms. The first kappa shape index (κ1) is 14.5. The summed E-state index contributed by atoms with van der Waals surface area (Å²) in [5.41, 5.74) is 2.13. The number of amides is 1. The molecule has 5 heteroatoms. The smallest absolute Gasteiger partial charge is 0.257 e. The Kier molecular flexibility index (Phi) is 5.12. The van der Waals surface area contributed by atoms with E-state index in [1.807, 2.05) is 43.5 Å². The number of ether oxygens (including phenoxy) is 1. The second-order valence-corrected chi connectivity index (χ2v) is 5.63. The molecule has 1 heterocycles. The Morgan fingerprint density at radius 1 is 1.40 bits per heavy atom. The first-order valence-corrected chi connectivity index (χ1v) is 7.38. The molecule has 0 spiro atoms. The van der Waals surface area contributed by atoms with Crippen LogP contribution in [0.3, 0.4) is 0 Å². The van der Waals surface area contributed by atoms with Crippen LogP contribution in [0.25, 0.3) is 0 Å². The normalized spacial score (nSPS) is 10.3. The molecule has 0 bridgehead atoms. The van der Waals surface area contributed by atoms with Crippen molar-refractivity contribution in [2.24, 2.45) is 0 Å². The van der Waals surface area contributed by atoms with Gasteiger partial charge in [-0.3, -0.25) is 4.79 Å². The second-order valence-electron chi connectivity index (χ2n) is 4.56. The SMILES string of the molecule is Cc1cccc(OCC(=O)NCCc2csc(C)n2)c1. The number of aryl methyl sites for hydroxylation is 2. The summed E-state index contributed by atoms with van der Waals surface area (Å²) in [5, 5.41) is 5.89. The third-order valence-corrected chi connectivity index (χ3v) is 3.55. The van der Waals surface area contributed by atoms with Crippen molar-refractivity contribution in [3.8, 4) is 5.75 Å². The molecule has 0 fully saturated rings.